The van der Waals surface area contributed by atoms with E-state index in [4.69, 9.17) is 10.2 Å². The van der Waals surface area contributed by atoms with Gasteiger partial charge in [0.25, 0.3) is 5.91 Å². The van der Waals surface area contributed by atoms with Crippen LogP contribution in [0.3, 0.4) is 0 Å². The van der Waals surface area contributed by atoms with E-state index >= 15 is 0 Å². The highest BCUT2D eigenvalue weighted by atomic mass is 19.4. The molecule has 0 fully saturated rings. The summed E-state index contributed by atoms with van der Waals surface area (Å²) < 4.78 is 82.1. The number of carbonyl (C=O) groups excluding carboxylic acids is 1. The Morgan fingerprint density at radius 2 is 1.93 bits per heavy atom. The lowest BCUT2D eigenvalue weighted by atomic mass is 10.1. The largest absolute Gasteiger partial charge is 0.443 e. The number of nitrogens with two attached hydrogens (primary N) is 1. The van der Waals surface area contributed by atoms with Crippen molar-refractivity contribution in [1.29, 1.82) is 0 Å². The summed E-state index contributed by atoms with van der Waals surface area (Å²) in [7, 11) is 0. The Kier molecular flexibility index (Phi) is 5.10. The van der Waals surface area contributed by atoms with E-state index in [0.29, 0.717) is 13.0 Å². The molecule has 2 heterocycles. The van der Waals surface area contributed by atoms with Gasteiger partial charge in [-0.1, -0.05) is 0 Å². The maximum atomic E-state index is 13.2. The first-order chi connectivity index (χ1) is 12.2. The molecule has 0 aliphatic carbocycles. The van der Waals surface area contributed by atoms with Crippen LogP contribution in [-0.4, -0.2) is 39.3 Å². The number of carbonyl (C=O) groups is 1. The van der Waals surface area contributed by atoms with Crippen molar-refractivity contribution in [2.24, 2.45) is 0 Å². The highest BCUT2D eigenvalue weighted by Crippen LogP contribution is 2.37. The number of rotatable bonds is 4. The first-order valence-electron chi connectivity index (χ1n) is 7.09. The van der Waals surface area contributed by atoms with E-state index in [9.17, 15) is 36.2 Å². The molecular weight excluding hydrogens is 386 g/mol. The molecule has 0 saturated heterocycles. The topological polar surface area (TPSA) is 114 Å². The van der Waals surface area contributed by atoms with Crippen LogP contribution >= 0.6 is 0 Å². The SMILES string of the molecule is CC(O)(CNC(=O)c1nc(-c2ncco2)c(C(F)(F)F)cc1N)C(F)(F)F. The zero-order chi connectivity index (χ0) is 20.6. The zero-order valence-electron chi connectivity index (χ0n) is 13.4. The monoisotopic (exact) mass is 398 g/mol. The molecule has 7 nitrogen and oxygen atoms in total. The number of halogens is 6. The number of hydrogen-bond acceptors (Lipinski definition) is 6. The fraction of sp³-hybridized carbons (Fsp3) is 0.357. The summed E-state index contributed by atoms with van der Waals surface area (Å²) in [4.78, 5) is 19.0. The van der Waals surface area contributed by atoms with Crippen molar-refractivity contribution in [2.75, 3.05) is 12.3 Å². The minimum absolute atomic E-state index is 0.392. The van der Waals surface area contributed by atoms with E-state index in [1.54, 1.807) is 5.32 Å². The van der Waals surface area contributed by atoms with Crippen LogP contribution in [0, 0.1) is 0 Å². The molecule has 0 bridgehead atoms. The number of oxazole rings is 1. The summed E-state index contributed by atoms with van der Waals surface area (Å²) in [6.45, 7) is -0.860. The van der Waals surface area contributed by atoms with Gasteiger partial charge in [0.05, 0.1) is 24.0 Å². The molecule has 0 saturated carbocycles. The summed E-state index contributed by atoms with van der Waals surface area (Å²) >= 11 is 0. The Labute approximate surface area is 147 Å². The summed E-state index contributed by atoms with van der Waals surface area (Å²) in [6.07, 6.45) is -7.97. The second-order valence-corrected chi connectivity index (χ2v) is 5.61. The minimum atomic E-state index is -5.05. The summed E-state index contributed by atoms with van der Waals surface area (Å²) in [5.74, 6) is -1.89. The maximum Gasteiger partial charge on any atom is 0.418 e. The third-order valence-electron chi connectivity index (χ3n) is 3.41. The minimum Gasteiger partial charge on any atom is -0.443 e. The van der Waals surface area contributed by atoms with E-state index in [1.807, 2.05) is 0 Å². The molecule has 13 heteroatoms. The molecule has 2 aromatic rings. The van der Waals surface area contributed by atoms with Crippen molar-refractivity contribution < 1.29 is 40.7 Å². The number of nitrogen functional groups attached to an aromatic ring is 1. The highest BCUT2D eigenvalue weighted by molar-refractivity contribution is 5.98. The Balaban J connectivity index is 2.41. The van der Waals surface area contributed by atoms with Gasteiger partial charge in [-0.05, 0) is 13.0 Å². The van der Waals surface area contributed by atoms with E-state index in [0.717, 1.165) is 12.5 Å². The number of nitrogens with zero attached hydrogens (tertiary/aromatic N) is 2. The maximum absolute atomic E-state index is 13.2. The molecule has 2 aromatic heterocycles. The molecule has 0 radical (unpaired) electrons. The Bertz CT molecular complexity index is 831. The lowest BCUT2D eigenvalue weighted by Crippen LogP contribution is -2.51. The average Bonchev–Trinajstić information content (AvgIpc) is 3.04. The van der Waals surface area contributed by atoms with Crippen molar-refractivity contribution in [3.8, 4) is 11.6 Å². The van der Waals surface area contributed by atoms with Crippen molar-refractivity contribution in [3.63, 3.8) is 0 Å². The third-order valence-corrected chi connectivity index (χ3v) is 3.41. The fourth-order valence-electron chi connectivity index (χ4n) is 1.87. The molecule has 0 aliphatic heterocycles. The normalized spacial score (nSPS) is 14.7. The van der Waals surface area contributed by atoms with E-state index in [-0.39, 0.29) is 0 Å². The third kappa shape index (κ3) is 4.30. The number of aliphatic hydroxyl groups is 1. The quantitative estimate of drug-likeness (QED) is 0.682. The van der Waals surface area contributed by atoms with Gasteiger partial charge in [0.15, 0.2) is 11.3 Å². The van der Waals surface area contributed by atoms with Crippen LogP contribution in [0.2, 0.25) is 0 Å². The Morgan fingerprint density at radius 1 is 1.30 bits per heavy atom. The lowest BCUT2D eigenvalue weighted by molar-refractivity contribution is -0.249. The number of nitrogens with one attached hydrogen (secondary N) is 1. The van der Waals surface area contributed by atoms with Gasteiger partial charge < -0.3 is 20.6 Å². The van der Waals surface area contributed by atoms with Gasteiger partial charge in [0.2, 0.25) is 5.89 Å². The molecule has 0 aliphatic rings. The van der Waals surface area contributed by atoms with Crippen molar-refractivity contribution in [1.82, 2.24) is 15.3 Å². The number of anilines is 1. The molecule has 1 amide bonds. The van der Waals surface area contributed by atoms with Gasteiger partial charge in [0.1, 0.15) is 12.0 Å². The Morgan fingerprint density at radius 3 is 2.41 bits per heavy atom. The Hall–Kier alpha value is -2.83. The van der Waals surface area contributed by atoms with Gasteiger partial charge in [-0.2, -0.15) is 26.3 Å². The zero-order valence-corrected chi connectivity index (χ0v) is 13.4. The van der Waals surface area contributed by atoms with Crippen LogP contribution in [0.15, 0.2) is 22.9 Å². The summed E-state index contributed by atoms with van der Waals surface area (Å²) in [5, 5.41) is 11.0. The first kappa shape index (κ1) is 20.5. The van der Waals surface area contributed by atoms with Crippen LogP contribution in [0.25, 0.3) is 11.6 Å². The fourth-order valence-corrected chi connectivity index (χ4v) is 1.87. The first-order valence-corrected chi connectivity index (χ1v) is 7.09. The van der Waals surface area contributed by atoms with Crippen LogP contribution in [0.4, 0.5) is 32.0 Å². The van der Waals surface area contributed by atoms with Crippen LogP contribution < -0.4 is 11.1 Å². The van der Waals surface area contributed by atoms with E-state index < -0.39 is 58.9 Å². The number of amides is 1. The predicted molar refractivity (Wildman–Crippen MR) is 78.2 cm³/mol. The average molecular weight is 398 g/mol. The highest BCUT2D eigenvalue weighted by Gasteiger charge is 2.50. The molecule has 2 rings (SSSR count). The molecule has 0 aromatic carbocycles. The van der Waals surface area contributed by atoms with Crippen LogP contribution in [0.1, 0.15) is 23.0 Å². The number of pyridine rings is 1. The molecule has 27 heavy (non-hydrogen) atoms. The number of alkyl halides is 6. The summed E-state index contributed by atoms with van der Waals surface area (Å²) in [5.41, 5.74) is -1.59. The lowest BCUT2D eigenvalue weighted by Gasteiger charge is -2.26. The molecule has 0 spiro atoms. The van der Waals surface area contributed by atoms with Crippen molar-refractivity contribution in [2.45, 2.75) is 24.9 Å². The van der Waals surface area contributed by atoms with Gasteiger partial charge in [-0.15, -0.1) is 0 Å². The van der Waals surface area contributed by atoms with Gasteiger partial charge in [0, 0.05) is 0 Å². The van der Waals surface area contributed by atoms with Gasteiger partial charge >= 0.3 is 12.4 Å². The van der Waals surface area contributed by atoms with Crippen molar-refractivity contribution >= 4 is 11.6 Å². The molecule has 1 atom stereocenters. The molecular formula is C14H12F6N4O3. The standard InChI is InChI=1S/C14H12F6N4O3/c1-12(26,14(18,19)20)5-23-10(25)9-7(21)4-6(13(15,16)17)8(24-9)11-22-2-3-27-11/h2-4,26H,5,21H2,1H3,(H,23,25). The van der Waals surface area contributed by atoms with E-state index in [1.165, 1.54) is 0 Å². The van der Waals surface area contributed by atoms with E-state index in [2.05, 4.69) is 9.97 Å². The van der Waals surface area contributed by atoms with Crippen molar-refractivity contribution in [3.05, 3.63) is 29.8 Å². The van der Waals surface area contributed by atoms with Crippen LogP contribution in [0.5, 0.6) is 0 Å². The second-order valence-electron chi connectivity index (χ2n) is 5.61. The van der Waals surface area contributed by atoms with Gasteiger partial charge in [-0.25, -0.2) is 9.97 Å². The second kappa shape index (κ2) is 6.72. The number of hydrogen-bond donors (Lipinski definition) is 3. The summed E-state index contributed by atoms with van der Waals surface area (Å²) in [6, 6.07) is 0.392. The smallest absolute Gasteiger partial charge is 0.418 e. The number of aromatic nitrogens is 2. The van der Waals surface area contributed by atoms with Crippen LogP contribution in [-0.2, 0) is 6.18 Å². The molecule has 148 valence electrons. The molecule has 1 unspecified atom stereocenters. The van der Waals surface area contributed by atoms with Gasteiger partial charge in [-0.3, -0.25) is 4.79 Å². The molecule has 4 N–H and O–H groups in total. The predicted octanol–water partition coefficient (Wildman–Crippen LogP) is 2.38.